The van der Waals surface area contributed by atoms with Crippen molar-refractivity contribution in [2.45, 2.75) is 70.8 Å². The van der Waals surface area contributed by atoms with Crippen LogP contribution in [0.1, 0.15) is 74.7 Å². The van der Waals surface area contributed by atoms with Crippen molar-refractivity contribution in [1.82, 2.24) is 0 Å². The number of Topliss-reactive ketones (excluding diaryl/α,β-unsaturated/α-hetero) is 1. The number of esters is 1. The number of unbranched alkanes of at least 4 members (excludes halogenated alkanes) is 3. The maximum Gasteiger partial charge on any atom is 0.343 e. The van der Waals surface area contributed by atoms with E-state index in [0.29, 0.717) is 23.5 Å². The van der Waals surface area contributed by atoms with Crippen LogP contribution in [0.25, 0.3) is 0 Å². The number of benzene rings is 1. The molecule has 1 aliphatic heterocycles. The first-order valence-electron chi connectivity index (χ1n) is 10.1. The van der Waals surface area contributed by atoms with Gasteiger partial charge in [0, 0.05) is 5.56 Å². The molecule has 0 amide bonds. The van der Waals surface area contributed by atoms with E-state index < -0.39 is 11.6 Å². The zero-order valence-electron chi connectivity index (χ0n) is 17.1. The number of fused-ring (bicyclic) bond motifs is 1. The molecule has 0 radical (unpaired) electrons. The first-order chi connectivity index (χ1) is 13.4. The molecule has 6 heteroatoms. The van der Waals surface area contributed by atoms with Crippen LogP contribution in [0.15, 0.2) is 12.1 Å². The van der Waals surface area contributed by atoms with Gasteiger partial charge < -0.3 is 14.2 Å². The standard InChI is InChI=1S/C22H31IO5/c1-4-9-17-19(27-15-20(25)26-3)11-10-16-18(24)14-22(2,28-21(16)17)12-7-5-6-8-13-23/h10-11H,4-9,12-15H2,1-3H3/t22-/m0/s1. The third kappa shape index (κ3) is 6.09. The van der Waals surface area contributed by atoms with E-state index in [4.69, 9.17) is 9.47 Å². The molecule has 2 rings (SSSR count). The number of alkyl halides is 1. The minimum Gasteiger partial charge on any atom is -0.486 e. The zero-order valence-corrected chi connectivity index (χ0v) is 19.3. The van der Waals surface area contributed by atoms with E-state index in [1.807, 2.05) is 6.92 Å². The Labute approximate surface area is 181 Å². The van der Waals surface area contributed by atoms with E-state index in [9.17, 15) is 9.59 Å². The Morgan fingerprint density at radius 1 is 1.25 bits per heavy atom. The van der Waals surface area contributed by atoms with E-state index >= 15 is 0 Å². The Morgan fingerprint density at radius 2 is 2.00 bits per heavy atom. The van der Waals surface area contributed by atoms with Crippen LogP contribution in [0, 0.1) is 0 Å². The molecule has 1 aromatic rings. The van der Waals surface area contributed by atoms with Crippen LogP contribution in [0.2, 0.25) is 0 Å². The lowest BCUT2D eigenvalue weighted by atomic mass is 9.86. The monoisotopic (exact) mass is 502 g/mol. The number of hydrogen-bond acceptors (Lipinski definition) is 5. The summed E-state index contributed by atoms with van der Waals surface area (Å²) in [6.07, 6.45) is 7.54. The van der Waals surface area contributed by atoms with Crippen molar-refractivity contribution in [3.8, 4) is 11.5 Å². The van der Waals surface area contributed by atoms with Gasteiger partial charge in [-0.1, -0.05) is 48.8 Å². The molecule has 0 spiro atoms. The average Bonchev–Trinajstić information content (AvgIpc) is 2.67. The molecule has 28 heavy (non-hydrogen) atoms. The topological polar surface area (TPSA) is 61.8 Å². The second-order valence-electron chi connectivity index (χ2n) is 7.54. The molecule has 0 bridgehead atoms. The van der Waals surface area contributed by atoms with E-state index in [1.54, 1.807) is 12.1 Å². The van der Waals surface area contributed by atoms with Crippen molar-refractivity contribution in [3.05, 3.63) is 23.3 Å². The fourth-order valence-corrected chi connectivity index (χ4v) is 4.11. The van der Waals surface area contributed by atoms with Crippen molar-refractivity contribution in [2.75, 3.05) is 18.1 Å². The molecule has 1 heterocycles. The predicted octanol–water partition coefficient (Wildman–Crippen LogP) is 5.30. The minimum atomic E-state index is -0.488. The van der Waals surface area contributed by atoms with Gasteiger partial charge in [0.2, 0.25) is 0 Å². The predicted molar refractivity (Wildman–Crippen MR) is 118 cm³/mol. The molecule has 5 nitrogen and oxygen atoms in total. The average molecular weight is 502 g/mol. The molecule has 0 fully saturated rings. The molecule has 1 aliphatic rings. The maximum atomic E-state index is 12.8. The fourth-order valence-electron chi connectivity index (χ4n) is 3.57. The summed E-state index contributed by atoms with van der Waals surface area (Å²) < 4.78 is 17.9. The summed E-state index contributed by atoms with van der Waals surface area (Å²) >= 11 is 2.41. The number of methoxy groups -OCH3 is 1. The lowest BCUT2D eigenvalue weighted by molar-refractivity contribution is -0.142. The van der Waals surface area contributed by atoms with E-state index in [-0.39, 0.29) is 12.4 Å². The number of carbonyl (C=O) groups is 2. The Morgan fingerprint density at radius 3 is 2.68 bits per heavy atom. The van der Waals surface area contributed by atoms with Gasteiger partial charge in [-0.3, -0.25) is 4.79 Å². The van der Waals surface area contributed by atoms with Crippen LogP contribution < -0.4 is 9.47 Å². The summed E-state index contributed by atoms with van der Waals surface area (Å²) in [5, 5.41) is 0. The summed E-state index contributed by atoms with van der Waals surface area (Å²) in [5.74, 6) is 0.904. The smallest absolute Gasteiger partial charge is 0.343 e. The van der Waals surface area contributed by atoms with Gasteiger partial charge in [-0.15, -0.1) is 0 Å². The van der Waals surface area contributed by atoms with Gasteiger partial charge in [0.1, 0.15) is 17.1 Å². The Bertz CT molecular complexity index is 688. The van der Waals surface area contributed by atoms with Gasteiger partial charge in [0.15, 0.2) is 12.4 Å². The van der Waals surface area contributed by atoms with Crippen LogP contribution in [-0.4, -0.2) is 35.5 Å². The molecule has 156 valence electrons. The van der Waals surface area contributed by atoms with Crippen LogP contribution in [0.5, 0.6) is 11.5 Å². The molecule has 0 N–H and O–H groups in total. The third-order valence-corrected chi connectivity index (χ3v) is 5.83. The lowest BCUT2D eigenvalue weighted by Crippen LogP contribution is -2.39. The molecular formula is C22H31IO5. The summed E-state index contributed by atoms with van der Waals surface area (Å²) in [6.45, 7) is 3.94. The highest BCUT2D eigenvalue weighted by molar-refractivity contribution is 14.1. The molecule has 0 saturated carbocycles. The van der Waals surface area contributed by atoms with Crippen LogP contribution in [0.3, 0.4) is 0 Å². The van der Waals surface area contributed by atoms with Crippen LogP contribution in [0.4, 0.5) is 0 Å². The van der Waals surface area contributed by atoms with Crippen molar-refractivity contribution < 1.29 is 23.8 Å². The maximum absolute atomic E-state index is 12.8. The number of rotatable bonds is 11. The number of hydrogen-bond donors (Lipinski definition) is 0. The molecule has 0 saturated heterocycles. The van der Waals surface area contributed by atoms with Crippen LogP contribution in [-0.2, 0) is 16.0 Å². The molecule has 0 aromatic heterocycles. The highest BCUT2D eigenvalue weighted by Crippen LogP contribution is 2.42. The van der Waals surface area contributed by atoms with Crippen LogP contribution >= 0.6 is 22.6 Å². The van der Waals surface area contributed by atoms with Gasteiger partial charge in [0.05, 0.1) is 19.1 Å². The third-order valence-electron chi connectivity index (χ3n) is 5.06. The van der Waals surface area contributed by atoms with E-state index in [2.05, 4.69) is 34.3 Å². The van der Waals surface area contributed by atoms with Gasteiger partial charge in [0.25, 0.3) is 0 Å². The van der Waals surface area contributed by atoms with Gasteiger partial charge in [-0.25, -0.2) is 4.79 Å². The first kappa shape index (κ1) is 23.0. The molecule has 0 aliphatic carbocycles. The summed E-state index contributed by atoms with van der Waals surface area (Å²) in [7, 11) is 1.33. The summed E-state index contributed by atoms with van der Waals surface area (Å²) in [6, 6.07) is 3.52. The van der Waals surface area contributed by atoms with Crippen molar-refractivity contribution >= 4 is 34.3 Å². The highest BCUT2D eigenvalue weighted by Gasteiger charge is 2.38. The molecule has 0 unspecified atom stereocenters. The minimum absolute atomic E-state index is 0.118. The molecule has 1 aromatic carbocycles. The second-order valence-corrected chi connectivity index (χ2v) is 8.62. The molecule has 1 atom stereocenters. The SMILES string of the molecule is CCCc1c(OCC(=O)OC)ccc2c1O[C@@](C)(CCCCCCI)CC2=O. The Kier molecular flexibility index (Phi) is 9.05. The first-order valence-corrected chi connectivity index (χ1v) is 11.6. The summed E-state index contributed by atoms with van der Waals surface area (Å²) in [5.41, 5.74) is 1.00. The number of ketones is 1. The number of carbonyl (C=O) groups excluding carboxylic acids is 2. The van der Waals surface area contributed by atoms with Crippen molar-refractivity contribution in [2.24, 2.45) is 0 Å². The number of halogens is 1. The van der Waals surface area contributed by atoms with E-state index in [0.717, 1.165) is 37.7 Å². The van der Waals surface area contributed by atoms with Gasteiger partial charge in [-0.05, 0) is 49.2 Å². The summed E-state index contributed by atoms with van der Waals surface area (Å²) in [4.78, 5) is 24.3. The second kappa shape index (κ2) is 11.0. The normalized spacial score (nSPS) is 18.4. The number of ether oxygens (including phenoxy) is 3. The van der Waals surface area contributed by atoms with Crippen molar-refractivity contribution in [3.63, 3.8) is 0 Å². The largest absolute Gasteiger partial charge is 0.486 e. The van der Waals surface area contributed by atoms with Gasteiger partial charge in [-0.2, -0.15) is 0 Å². The quantitative estimate of drug-likeness (QED) is 0.178. The Hall–Kier alpha value is -1.31. The van der Waals surface area contributed by atoms with Crippen molar-refractivity contribution in [1.29, 1.82) is 0 Å². The van der Waals surface area contributed by atoms with E-state index in [1.165, 1.54) is 24.4 Å². The fraction of sp³-hybridized carbons (Fsp3) is 0.636. The zero-order chi connectivity index (χ0) is 20.6. The molecular weight excluding hydrogens is 471 g/mol. The highest BCUT2D eigenvalue weighted by atomic mass is 127. The lowest BCUT2D eigenvalue weighted by Gasteiger charge is -2.36. The Balaban J connectivity index is 2.21. The van der Waals surface area contributed by atoms with Gasteiger partial charge >= 0.3 is 5.97 Å².